The van der Waals surface area contributed by atoms with E-state index in [9.17, 15) is 5.11 Å². The summed E-state index contributed by atoms with van der Waals surface area (Å²) >= 11 is 0. The van der Waals surface area contributed by atoms with Gasteiger partial charge in [-0.15, -0.1) is 0 Å². The van der Waals surface area contributed by atoms with Crippen LogP contribution in [0.5, 0.6) is 0 Å². The van der Waals surface area contributed by atoms with Crippen LogP contribution in [0, 0.1) is 11.3 Å². The molecule has 1 unspecified atom stereocenters. The summed E-state index contributed by atoms with van der Waals surface area (Å²) in [6.07, 6.45) is 1.63. The highest BCUT2D eigenvalue weighted by atomic mass is 16.5. The van der Waals surface area contributed by atoms with Gasteiger partial charge in [0.05, 0.1) is 25.3 Å². The third-order valence-electron chi connectivity index (χ3n) is 1.82. The second kappa shape index (κ2) is 8.95. The monoisotopic (exact) mass is 200 g/mol. The number of aliphatic hydroxyl groups excluding tert-OH is 1. The van der Waals surface area contributed by atoms with Crippen LogP contribution in [0.1, 0.15) is 19.8 Å². The summed E-state index contributed by atoms with van der Waals surface area (Å²) in [7, 11) is 1.80. The number of hydrogen-bond acceptors (Lipinski definition) is 4. The zero-order valence-electron chi connectivity index (χ0n) is 9.07. The molecule has 0 aromatic heterocycles. The molecule has 82 valence electrons. The molecule has 0 fully saturated rings. The van der Waals surface area contributed by atoms with Crippen LogP contribution >= 0.6 is 0 Å². The highest BCUT2D eigenvalue weighted by Gasteiger charge is 2.07. The fraction of sp³-hybridized carbons (Fsp3) is 0.900. The van der Waals surface area contributed by atoms with E-state index in [1.54, 1.807) is 11.9 Å². The van der Waals surface area contributed by atoms with Gasteiger partial charge in [-0.1, -0.05) is 13.3 Å². The summed E-state index contributed by atoms with van der Waals surface area (Å²) in [5.41, 5.74) is 0. The topological polar surface area (TPSA) is 56.5 Å². The third kappa shape index (κ3) is 7.99. The maximum absolute atomic E-state index is 9.47. The Bertz CT molecular complexity index is 168. The Labute approximate surface area is 86.1 Å². The summed E-state index contributed by atoms with van der Waals surface area (Å²) in [6.45, 7) is 3.98. The van der Waals surface area contributed by atoms with Crippen LogP contribution in [0.25, 0.3) is 0 Å². The lowest BCUT2D eigenvalue weighted by atomic mass is 10.3. The van der Waals surface area contributed by atoms with Gasteiger partial charge in [0.1, 0.15) is 0 Å². The van der Waals surface area contributed by atoms with Gasteiger partial charge in [0.15, 0.2) is 0 Å². The van der Waals surface area contributed by atoms with Crippen LogP contribution in [-0.4, -0.2) is 49.5 Å². The summed E-state index contributed by atoms with van der Waals surface area (Å²) < 4.78 is 5.26. The molecule has 4 nitrogen and oxygen atoms in total. The molecule has 0 radical (unpaired) electrons. The van der Waals surface area contributed by atoms with Crippen molar-refractivity contribution in [3.05, 3.63) is 0 Å². The van der Waals surface area contributed by atoms with Crippen LogP contribution in [-0.2, 0) is 4.74 Å². The van der Waals surface area contributed by atoms with Crippen molar-refractivity contribution < 1.29 is 9.84 Å². The van der Waals surface area contributed by atoms with E-state index in [4.69, 9.17) is 10.00 Å². The van der Waals surface area contributed by atoms with E-state index in [0.717, 1.165) is 12.8 Å². The lowest BCUT2D eigenvalue weighted by molar-refractivity contribution is 0.0216. The standard InChI is InChI=1S/C10H20N2O2/c1-3-4-7-14-9-10(13)8-12(2)6-5-11/h10,13H,3-4,6-9H2,1-2H3. The molecule has 0 spiro atoms. The molecule has 0 heterocycles. The van der Waals surface area contributed by atoms with Crippen LogP contribution in [0.15, 0.2) is 0 Å². The van der Waals surface area contributed by atoms with E-state index in [1.807, 2.05) is 6.07 Å². The number of hydrogen-bond donors (Lipinski definition) is 1. The van der Waals surface area contributed by atoms with Crippen molar-refractivity contribution in [3.63, 3.8) is 0 Å². The first-order valence-electron chi connectivity index (χ1n) is 5.02. The number of nitrogens with zero attached hydrogens (tertiary/aromatic N) is 2. The Balaban J connectivity index is 3.36. The van der Waals surface area contributed by atoms with Gasteiger partial charge in [-0.2, -0.15) is 5.26 Å². The van der Waals surface area contributed by atoms with Crippen LogP contribution in [0.4, 0.5) is 0 Å². The summed E-state index contributed by atoms with van der Waals surface area (Å²) in [5, 5.41) is 17.9. The molecule has 0 aliphatic carbocycles. The number of nitriles is 1. The van der Waals surface area contributed by atoms with Gasteiger partial charge < -0.3 is 9.84 Å². The molecule has 1 atom stereocenters. The molecule has 0 aromatic carbocycles. The predicted octanol–water partition coefficient (Wildman–Crippen LogP) is 0.619. The predicted molar refractivity (Wildman–Crippen MR) is 54.8 cm³/mol. The maximum Gasteiger partial charge on any atom is 0.0900 e. The Morgan fingerprint density at radius 2 is 2.29 bits per heavy atom. The molecule has 14 heavy (non-hydrogen) atoms. The van der Waals surface area contributed by atoms with Gasteiger partial charge in [-0.25, -0.2) is 0 Å². The highest BCUT2D eigenvalue weighted by Crippen LogP contribution is 1.93. The smallest absolute Gasteiger partial charge is 0.0900 e. The number of aliphatic hydroxyl groups is 1. The Morgan fingerprint density at radius 1 is 1.57 bits per heavy atom. The summed E-state index contributed by atoms with van der Waals surface area (Å²) in [6, 6.07) is 2.02. The molecule has 4 heteroatoms. The van der Waals surface area contributed by atoms with E-state index in [1.165, 1.54) is 0 Å². The number of ether oxygens (including phenoxy) is 1. The third-order valence-corrected chi connectivity index (χ3v) is 1.82. The zero-order chi connectivity index (χ0) is 10.8. The molecule has 0 amide bonds. The van der Waals surface area contributed by atoms with Crippen LogP contribution in [0.2, 0.25) is 0 Å². The van der Waals surface area contributed by atoms with Crippen LogP contribution < -0.4 is 0 Å². The minimum absolute atomic E-state index is 0.339. The molecule has 0 aliphatic heterocycles. The Kier molecular flexibility index (Phi) is 8.54. The second-order valence-corrected chi connectivity index (χ2v) is 3.44. The quantitative estimate of drug-likeness (QED) is 0.461. The molecule has 0 bridgehead atoms. The first-order valence-corrected chi connectivity index (χ1v) is 5.02. The maximum atomic E-state index is 9.47. The van der Waals surface area contributed by atoms with Crippen molar-refractivity contribution in [3.8, 4) is 6.07 Å². The van der Waals surface area contributed by atoms with E-state index in [-0.39, 0.29) is 0 Å². The lowest BCUT2D eigenvalue weighted by Gasteiger charge is -2.17. The molecule has 0 aromatic rings. The first kappa shape index (κ1) is 13.4. The SMILES string of the molecule is CCCCOCC(O)CN(C)CC#N. The fourth-order valence-electron chi connectivity index (χ4n) is 1.06. The van der Waals surface area contributed by atoms with Gasteiger partial charge in [0.25, 0.3) is 0 Å². The molecule has 0 saturated carbocycles. The van der Waals surface area contributed by atoms with Crippen molar-refractivity contribution in [2.24, 2.45) is 0 Å². The second-order valence-electron chi connectivity index (χ2n) is 3.44. The van der Waals surface area contributed by atoms with Gasteiger partial charge >= 0.3 is 0 Å². The Hall–Kier alpha value is -0.630. The van der Waals surface area contributed by atoms with Crippen molar-refractivity contribution in [1.82, 2.24) is 4.90 Å². The van der Waals surface area contributed by atoms with E-state index in [0.29, 0.717) is 26.3 Å². The van der Waals surface area contributed by atoms with Crippen LogP contribution in [0.3, 0.4) is 0 Å². The average molecular weight is 200 g/mol. The van der Waals surface area contributed by atoms with Gasteiger partial charge in [-0.05, 0) is 13.5 Å². The normalized spacial score (nSPS) is 12.8. The largest absolute Gasteiger partial charge is 0.389 e. The van der Waals surface area contributed by atoms with Gasteiger partial charge in [0.2, 0.25) is 0 Å². The number of unbranched alkanes of at least 4 members (excludes halogenated alkanes) is 1. The highest BCUT2D eigenvalue weighted by molar-refractivity contribution is 4.75. The number of rotatable bonds is 8. The van der Waals surface area contributed by atoms with Crippen molar-refractivity contribution >= 4 is 0 Å². The van der Waals surface area contributed by atoms with E-state index in [2.05, 4.69) is 6.92 Å². The molecule has 0 rings (SSSR count). The average Bonchev–Trinajstić information content (AvgIpc) is 2.13. The Morgan fingerprint density at radius 3 is 2.86 bits per heavy atom. The lowest BCUT2D eigenvalue weighted by Crippen LogP contribution is -2.32. The van der Waals surface area contributed by atoms with E-state index >= 15 is 0 Å². The van der Waals surface area contributed by atoms with Gasteiger partial charge in [-0.3, -0.25) is 4.90 Å². The van der Waals surface area contributed by atoms with Crippen molar-refractivity contribution in [1.29, 1.82) is 5.26 Å². The first-order chi connectivity index (χ1) is 6.70. The fourth-order valence-corrected chi connectivity index (χ4v) is 1.06. The van der Waals surface area contributed by atoms with Gasteiger partial charge in [0, 0.05) is 13.2 Å². The minimum Gasteiger partial charge on any atom is -0.389 e. The molecule has 0 aliphatic rings. The van der Waals surface area contributed by atoms with Crippen molar-refractivity contribution in [2.45, 2.75) is 25.9 Å². The van der Waals surface area contributed by atoms with Crippen molar-refractivity contribution in [2.75, 3.05) is 33.4 Å². The zero-order valence-corrected chi connectivity index (χ0v) is 9.07. The summed E-state index contributed by atoms with van der Waals surface area (Å²) in [5.74, 6) is 0. The summed E-state index contributed by atoms with van der Waals surface area (Å²) in [4.78, 5) is 1.77. The molecular weight excluding hydrogens is 180 g/mol. The molecule has 1 N–H and O–H groups in total. The number of likely N-dealkylation sites (N-methyl/N-ethyl adjacent to an activating group) is 1. The van der Waals surface area contributed by atoms with E-state index < -0.39 is 6.10 Å². The molecule has 0 saturated heterocycles. The molecular formula is C10H20N2O2. The minimum atomic E-state index is -0.495.